The van der Waals surface area contributed by atoms with Crippen molar-refractivity contribution in [3.05, 3.63) is 29.3 Å². The number of aryl methyl sites for hydroxylation is 1. The third-order valence-electron chi connectivity index (χ3n) is 4.01. The van der Waals surface area contributed by atoms with Crippen molar-refractivity contribution in [1.82, 2.24) is 0 Å². The molecule has 0 radical (unpaired) electrons. The van der Waals surface area contributed by atoms with E-state index in [4.69, 9.17) is 15.9 Å². The van der Waals surface area contributed by atoms with E-state index in [1.807, 2.05) is 25.1 Å². The van der Waals surface area contributed by atoms with Gasteiger partial charge in [-0.1, -0.05) is 19.9 Å². The van der Waals surface area contributed by atoms with Crippen molar-refractivity contribution < 1.29 is 4.74 Å². The van der Waals surface area contributed by atoms with E-state index < -0.39 is 0 Å². The van der Waals surface area contributed by atoms with Crippen LogP contribution in [0, 0.1) is 17.7 Å². The highest BCUT2D eigenvalue weighted by Crippen LogP contribution is 2.37. The fourth-order valence-corrected chi connectivity index (χ4v) is 2.62. The summed E-state index contributed by atoms with van der Waals surface area (Å²) >= 11 is 0. The number of rotatable bonds is 3. The van der Waals surface area contributed by atoms with E-state index in [-0.39, 0.29) is 11.9 Å². The molecule has 1 aliphatic rings. The Morgan fingerprint density at radius 2 is 1.95 bits per heavy atom. The van der Waals surface area contributed by atoms with E-state index in [1.54, 1.807) is 0 Å². The highest BCUT2D eigenvalue weighted by atomic mass is 16.5. The molecule has 1 aliphatic carbocycles. The fraction of sp³-hybridized carbons (Fsp3) is 0.562. The topological polar surface area (TPSA) is 59.1 Å². The zero-order chi connectivity index (χ0) is 14.0. The number of nitrogens with two attached hydrogens (primary N) is 1. The second-order valence-electron chi connectivity index (χ2n) is 6.39. The molecule has 0 atom stereocenters. The molecule has 3 N–H and O–H groups in total. The average molecular weight is 260 g/mol. The van der Waals surface area contributed by atoms with Crippen LogP contribution in [0.1, 0.15) is 50.7 Å². The van der Waals surface area contributed by atoms with Gasteiger partial charge in [-0.05, 0) is 55.7 Å². The first-order chi connectivity index (χ1) is 8.87. The molecule has 104 valence electrons. The molecule has 2 rings (SSSR count). The minimum atomic E-state index is 0.0751. The van der Waals surface area contributed by atoms with Crippen LogP contribution in [0.2, 0.25) is 0 Å². The maximum Gasteiger partial charge on any atom is 0.130 e. The lowest BCUT2D eigenvalue weighted by Gasteiger charge is -2.34. The van der Waals surface area contributed by atoms with Gasteiger partial charge >= 0.3 is 0 Å². The molecule has 3 nitrogen and oxygen atoms in total. The van der Waals surface area contributed by atoms with Gasteiger partial charge in [0, 0.05) is 0 Å². The Hall–Kier alpha value is -1.51. The van der Waals surface area contributed by atoms with Crippen molar-refractivity contribution >= 4 is 5.84 Å². The van der Waals surface area contributed by atoms with Crippen LogP contribution in [0.15, 0.2) is 18.2 Å². The predicted molar refractivity (Wildman–Crippen MR) is 78.9 cm³/mol. The van der Waals surface area contributed by atoms with Crippen LogP contribution in [0.25, 0.3) is 0 Å². The molecule has 3 heteroatoms. The summed E-state index contributed by atoms with van der Waals surface area (Å²) in [4.78, 5) is 0. The van der Waals surface area contributed by atoms with E-state index in [9.17, 15) is 0 Å². The third kappa shape index (κ3) is 3.49. The zero-order valence-corrected chi connectivity index (χ0v) is 12.1. The first-order valence-corrected chi connectivity index (χ1v) is 6.99. The lowest BCUT2D eigenvalue weighted by atomic mass is 9.76. The molecule has 1 fully saturated rings. The summed E-state index contributed by atoms with van der Waals surface area (Å²) in [6, 6.07) is 5.82. The Morgan fingerprint density at radius 1 is 1.32 bits per heavy atom. The van der Waals surface area contributed by atoms with Crippen molar-refractivity contribution in [3.63, 3.8) is 0 Å². The maximum absolute atomic E-state index is 7.62. The Morgan fingerprint density at radius 3 is 2.53 bits per heavy atom. The molecule has 0 amide bonds. The molecule has 0 unspecified atom stereocenters. The lowest BCUT2D eigenvalue weighted by molar-refractivity contribution is 0.0985. The van der Waals surface area contributed by atoms with Crippen LogP contribution in [-0.2, 0) is 0 Å². The smallest absolute Gasteiger partial charge is 0.130 e. The van der Waals surface area contributed by atoms with Crippen molar-refractivity contribution in [1.29, 1.82) is 5.41 Å². The minimum absolute atomic E-state index is 0.0751. The van der Waals surface area contributed by atoms with Crippen LogP contribution < -0.4 is 10.5 Å². The monoisotopic (exact) mass is 260 g/mol. The molecule has 0 bridgehead atoms. The third-order valence-corrected chi connectivity index (χ3v) is 4.01. The van der Waals surface area contributed by atoms with Crippen molar-refractivity contribution in [2.75, 3.05) is 0 Å². The molecule has 19 heavy (non-hydrogen) atoms. The molecular weight excluding hydrogens is 236 g/mol. The van der Waals surface area contributed by atoms with Gasteiger partial charge in [-0.3, -0.25) is 5.41 Å². The largest absolute Gasteiger partial charge is 0.490 e. The van der Waals surface area contributed by atoms with Crippen LogP contribution in [0.3, 0.4) is 0 Å². The van der Waals surface area contributed by atoms with Crippen molar-refractivity contribution in [3.8, 4) is 5.75 Å². The summed E-state index contributed by atoms with van der Waals surface area (Å²) < 4.78 is 6.10. The minimum Gasteiger partial charge on any atom is -0.490 e. The summed E-state index contributed by atoms with van der Waals surface area (Å²) in [5, 5.41) is 7.62. The van der Waals surface area contributed by atoms with Gasteiger partial charge in [0.05, 0.1) is 11.7 Å². The van der Waals surface area contributed by atoms with E-state index in [0.29, 0.717) is 11.0 Å². The van der Waals surface area contributed by atoms with E-state index in [2.05, 4.69) is 13.8 Å². The van der Waals surface area contributed by atoms with Gasteiger partial charge in [0.25, 0.3) is 0 Å². The quantitative estimate of drug-likeness (QED) is 0.644. The summed E-state index contributed by atoms with van der Waals surface area (Å²) in [7, 11) is 0. The maximum atomic E-state index is 7.62. The molecule has 0 aromatic heterocycles. The molecule has 1 saturated carbocycles. The molecule has 0 heterocycles. The van der Waals surface area contributed by atoms with Gasteiger partial charge in [0.1, 0.15) is 11.6 Å². The number of hydrogen-bond donors (Lipinski definition) is 2. The number of benzene rings is 1. The molecule has 1 aromatic carbocycles. The SMILES string of the molecule is Cc1ccc(C(=N)N)c(OC2CCC(C)(C)CC2)c1. The normalized spacial score (nSPS) is 19.1. The first kappa shape index (κ1) is 13.9. The molecule has 0 saturated heterocycles. The van der Waals surface area contributed by atoms with Crippen molar-refractivity contribution in [2.24, 2.45) is 11.1 Å². The van der Waals surface area contributed by atoms with Crippen LogP contribution in [0.5, 0.6) is 5.75 Å². The first-order valence-electron chi connectivity index (χ1n) is 6.99. The average Bonchev–Trinajstić information content (AvgIpc) is 2.31. The highest BCUT2D eigenvalue weighted by Gasteiger charge is 2.28. The van der Waals surface area contributed by atoms with Crippen LogP contribution >= 0.6 is 0 Å². The van der Waals surface area contributed by atoms with Gasteiger partial charge < -0.3 is 10.5 Å². The number of nitrogens with one attached hydrogen (secondary N) is 1. The summed E-state index contributed by atoms with van der Waals surface area (Å²) in [5.74, 6) is 0.836. The van der Waals surface area contributed by atoms with Gasteiger partial charge in [0.15, 0.2) is 0 Å². The second kappa shape index (κ2) is 5.24. The number of ether oxygens (including phenoxy) is 1. The molecule has 1 aromatic rings. The number of amidine groups is 1. The standard InChI is InChI=1S/C16H24N2O/c1-11-4-5-13(15(17)18)14(10-11)19-12-6-8-16(2,3)9-7-12/h4-5,10,12H,6-9H2,1-3H3,(H3,17,18). The number of nitrogen functional groups attached to an aromatic ring is 1. The number of hydrogen-bond acceptors (Lipinski definition) is 2. The summed E-state index contributed by atoms with van der Waals surface area (Å²) in [6.45, 7) is 6.66. The van der Waals surface area contributed by atoms with Gasteiger partial charge in [-0.2, -0.15) is 0 Å². The lowest BCUT2D eigenvalue weighted by Crippen LogP contribution is -2.29. The van der Waals surface area contributed by atoms with Gasteiger partial charge in [0.2, 0.25) is 0 Å². The van der Waals surface area contributed by atoms with Crippen LogP contribution in [0.4, 0.5) is 0 Å². The fourth-order valence-electron chi connectivity index (χ4n) is 2.62. The van der Waals surface area contributed by atoms with Gasteiger partial charge in [-0.25, -0.2) is 0 Å². The second-order valence-corrected chi connectivity index (χ2v) is 6.39. The van der Waals surface area contributed by atoms with E-state index in [1.165, 1.54) is 12.8 Å². The summed E-state index contributed by atoms with van der Waals surface area (Å²) in [6.07, 6.45) is 4.81. The summed E-state index contributed by atoms with van der Waals surface area (Å²) in [5.41, 5.74) is 7.90. The zero-order valence-electron chi connectivity index (χ0n) is 12.1. The van der Waals surface area contributed by atoms with Crippen molar-refractivity contribution in [2.45, 2.75) is 52.6 Å². The van der Waals surface area contributed by atoms with E-state index in [0.717, 1.165) is 24.2 Å². The molecular formula is C16H24N2O. The molecule has 0 aliphatic heterocycles. The van der Waals surface area contributed by atoms with Gasteiger partial charge in [-0.15, -0.1) is 0 Å². The Balaban J connectivity index is 2.11. The Labute approximate surface area is 115 Å². The molecule has 0 spiro atoms. The van der Waals surface area contributed by atoms with Crippen LogP contribution in [-0.4, -0.2) is 11.9 Å². The Kier molecular flexibility index (Phi) is 3.83. The Bertz CT molecular complexity index is 470. The highest BCUT2D eigenvalue weighted by molar-refractivity contribution is 5.97. The predicted octanol–water partition coefficient (Wildman–Crippen LogP) is 3.63. The van der Waals surface area contributed by atoms with E-state index >= 15 is 0 Å².